The minimum absolute atomic E-state index is 0.216. The van der Waals surface area contributed by atoms with Gasteiger partial charge in [0.1, 0.15) is 0 Å². The quantitative estimate of drug-likeness (QED) is 0.502. The van der Waals surface area contributed by atoms with Gasteiger partial charge in [-0.1, -0.05) is 48.5 Å². The molecule has 0 bridgehead atoms. The molecule has 0 fully saturated rings. The van der Waals surface area contributed by atoms with Crippen LogP contribution < -0.4 is 5.32 Å². The number of aryl methyl sites for hydroxylation is 1. The lowest BCUT2D eigenvalue weighted by Crippen LogP contribution is -2.07. The maximum Gasteiger partial charge on any atom is 0.248 e. The van der Waals surface area contributed by atoms with Crippen LogP contribution in [0.25, 0.3) is 23.0 Å². The van der Waals surface area contributed by atoms with E-state index in [0.717, 1.165) is 29.1 Å². The van der Waals surface area contributed by atoms with Crippen molar-refractivity contribution in [1.29, 1.82) is 0 Å². The number of para-hydroxylation sites is 1. The van der Waals surface area contributed by atoms with E-state index in [1.54, 1.807) is 23.2 Å². The number of nitrogens with one attached hydrogen (secondary N) is 1. The average Bonchev–Trinajstić information content (AvgIpc) is 3.40. The molecule has 0 aliphatic carbocycles. The van der Waals surface area contributed by atoms with Crippen molar-refractivity contribution < 1.29 is 4.79 Å². The molecule has 29 heavy (non-hydrogen) atoms. The molecular weight excluding hydrogens is 362 g/mol. The Morgan fingerprint density at radius 3 is 2.45 bits per heavy atom. The fraction of sp³-hybridized carbons (Fsp3) is 0.0870. The molecule has 0 atom stereocenters. The molecule has 2 heterocycles. The first-order valence-corrected chi connectivity index (χ1v) is 9.45. The summed E-state index contributed by atoms with van der Waals surface area (Å²) in [7, 11) is 0. The van der Waals surface area contributed by atoms with Crippen LogP contribution in [0.5, 0.6) is 0 Å². The van der Waals surface area contributed by atoms with Crippen molar-refractivity contribution >= 4 is 17.7 Å². The molecule has 6 nitrogen and oxygen atoms in total. The van der Waals surface area contributed by atoms with Crippen LogP contribution in [0.1, 0.15) is 12.5 Å². The molecule has 0 radical (unpaired) electrons. The zero-order valence-corrected chi connectivity index (χ0v) is 16.1. The van der Waals surface area contributed by atoms with Crippen LogP contribution in [0.2, 0.25) is 0 Å². The zero-order valence-electron chi connectivity index (χ0n) is 16.1. The van der Waals surface area contributed by atoms with Gasteiger partial charge in [0.15, 0.2) is 0 Å². The van der Waals surface area contributed by atoms with Crippen LogP contribution in [-0.2, 0) is 11.3 Å². The van der Waals surface area contributed by atoms with Crippen LogP contribution in [0.15, 0.2) is 85.3 Å². The van der Waals surface area contributed by atoms with Gasteiger partial charge >= 0.3 is 0 Å². The Morgan fingerprint density at radius 1 is 1.03 bits per heavy atom. The SMILES string of the molecule is CCn1cc(NC(=O)C=Cc2cn(-c3ccccc3)nc2-c2ccccc2)cn1. The molecular formula is C23H21N5O. The maximum absolute atomic E-state index is 12.3. The van der Waals surface area contributed by atoms with Crippen molar-refractivity contribution in [1.82, 2.24) is 19.6 Å². The van der Waals surface area contributed by atoms with Gasteiger partial charge < -0.3 is 5.32 Å². The van der Waals surface area contributed by atoms with Gasteiger partial charge in [-0.3, -0.25) is 9.48 Å². The monoisotopic (exact) mass is 383 g/mol. The first-order chi connectivity index (χ1) is 14.2. The summed E-state index contributed by atoms with van der Waals surface area (Å²) in [6.07, 6.45) is 8.67. The Hall–Kier alpha value is -3.93. The highest BCUT2D eigenvalue weighted by Gasteiger charge is 2.11. The van der Waals surface area contributed by atoms with Crippen molar-refractivity contribution in [2.75, 3.05) is 5.32 Å². The number of aromatic nitrogens is 4. The summed E-state index contributed by atoms with van der Waals surface area (Å²) < 4.78 is 3.59. The van der Waals surface area contributed by atoms with Crippen LogP contribution in [0.4, 0.5) is 5.69 Å². The van der Waals surface area contributed by atoms with E-state index in [-0.39, 0.29) is 5.91 Å². The third kappa shape index (κ3) is 4.32. The smallest absolute Gasteiger partial charge is 0.248 e. The molecule has 4 rings (SSSR count). The molecule has 1 N–H and O–H groups in total. The maximum atomic E-state index is 12.3. The summed E-state index contributed by atoms with van der Waals surface area (Å²) in [5, 5.41) is 11.7. The Bertz CT molecular complexity index is 1130. The molecule has 2 aromatic carbocycles. The Labute approximate surface area is 169 Å². The molecule has 0 aliphatic rings. The Morgan fingerprint density at radius 2 is 1.76 bits per heavy atom. The van der Waals surface area contributed by atoms with E-state index in [4.69, 9.17) is 5.10 Å². The van der Waals surface area contributed by atoms with E-state index in [1.165, 1.54) is 6.08 Å². The predicted octanol–water partition coefficient (Wildman–Crippen LogP) is 4.41. The van der Waals surface area contributed by atoms with E-state index in [2.05, 4.69) is 10.4 Å². The van der Waals surface area contributed by atoms with Gasteiger partial charge in [0.2, 0.25) is 5.91 Å². The van der Waals surface area contributed by atoms with Gasteiger partial charge in [-0.2, -0.15) is 10.2 Å². The second kappa shape index (κ2) is 8.39. The number of amides is 1. The summed E-state index contributed by atoms with van der Waals surface area (Å²) in [5.41, 5.74) is 4.30. The van der Waals surface area contributed by atoms with E-state index >= 15 is 0 Å². The molecule has 6 heteroatoms. The fourth-order valence-corrected chi connectivity index (χ4v) is 2.99. The van der Waals surface area contributed by atoms with Gasteiger partial charge in [0, 0.05) is 36.1 Å². The van der Waals surface area contributed by atoms with Crippen molar-refractivity contribution in [3.8, 4) is 16.9 Å². The standard InChI is InChI=1S/C23H21N5O/c1-2-27-17-20(15-24-27)25-22(29)14-13-19-16-28(21-11-7-4-8-12-21)26-23(19)18-9-5-3-6-10-18/h3-17H,2H2,1H3,(H,25,29). The first kappa shape index (κ1) is 18.4. The molecule has 0 saturated heterocycles. The van der Waals surface area contributed by atoms with Gasteiger partial charge in [-0.25, -0.2) is 4.68 Å². The zero-order chi connectivity index (χ0) is 20.1. The summed E-state index contributed by atoms with van der Waals surface area (Å²) in [4.78, 5) is 12.3. The van der Waals surface area contributed by atoms with Crippen molar-refractivity contribution in [3.05, 3.63) is 90.9 Å². The topological polar surface area (TPSA) is 64.7 Å². The van der Waals surface area contributed by atoms with Gasteiger partial charge in [-0.05, 0) is 25.1 Å². The van der Waals surface area contributed by atoms with Crippen LogP contribution in [-0.4, -0.2) is 25.5 Å². The van der Waals surface area contributed by atoms with Crippen LogP contribution in [0, 0.1) is 0 Å². The van der Waals surface area contributed by atoms with E-state index < -0.39 is 0 Å². The Balaban J connectivity index is 1.62. The summed E-state index contributed by atoms with van der Waals surface area (Å²) >= 11 is 0. The Kier molecular flexibility index (Phi) is 5.33. The number of nitrogens with zero attached hydrogens (tertiary/aromatic N) is 4. The molecule has 2 aromatic heterocycles. The molecule has 1 amide bonds. The summed E-state index contributed by atoms with van der Waals surface area (Å²) in [6.45, 7) is 2.75. The van der Waals surface area contributed by atoms with E-state index in [9.17, 15) is 4.79 Å². The van der Waals surface area contributed by atoms with Crippen LogP contribution >= 0.6 is 0 Å². The van der Waals surface area contributed by atoms with Gasteiger partial charge in [0.25, 0.3) is 0 Å². The van der Waals surface area contributed by atoms with Gasteiger partial charge in [0.05, 0.1) is 23.3 Å². The summed E-state index contributed by atoms with van der Waals surface area (Å²) in [5.74, 6) is -0.216. The number of hydrogen-bond donors (Lipinski definition) is 1. The van der Waals surface area contributed by atoms with Crippen molar-refractivity contribution in [3.63, 3.8) is 0 Å². The highest BCUT2D eigenvalue weighted by Crippen LogP contribution is 2.24. The van der Waals surface area contributed by atoms with Crippen molar-refractivity contribution in [2.45, 2.75) is 13.5 Å². The first-order valence-electron chi connectivity index (χ1n) is 9.45. The second-order valence-corrected chi connectivity index (χ2v) is 6.49. The number of hydrogen-bond acceptors (Lipinski definition) is 3. The average molecular weight is 383 g/mol. The van der Waals surface area contributed by atoms with Crippen LogP contribution in [0.3, 0.4) is 0 Å². The highest BCUT2D eigenvalue weighted by atomic mass is 16.1. The molecule has 0 spiro atoms. The van der Waals surface area contributed by atoms with Gasteiger partial charge in [-0.15, -0.1) is 0 Å². The van der Waals surface area contributed by atoms with E-state index in [1.807, 2.05) is 78.5 Å². The number of carbonyl (C=O) groups is 1. The number of benzene rings is 2. The molecule has 144 valence electrons. The molecule has 0 aliphatic heterocycles. The highest BCUT2D eigenvalue weighted by molar-refractivity contribution is 6.02. The van der Waals surface area contributed by atoms with Crippen molar-refractivity contribution in [2.24, 2.45) is 0 Å². The lowest BCUT2D eigenvalue weighted by Gasteiger charge is -2.00. The number of rotatable bonds is 6. The minimum Gasteiger partial charge on any atom is -0.320 e. The summed E-state index contributed by atoms with van der Waals surface area (Å²) in [6, 6.07) is 19.8. The normalized spacial score (nSPS) is 11.1. The lowest BCUT2D eigenvalue weighted by molar-refractivity contribution is -0.111. The van der Waals surface area contributed by atoms with E-state index in [0.29, 0.717) is 5.69 Å². The lowest BCUT2D eigenvalue weighted by atomic mass is 10.1. The predicted molar refractivity (Wildman–Crippen MR) is 115 cm³/mol. The molecule has 0 unspecified atom stereocenters. The minimum atomic E-state index is -0.216. The number of carbonyl (C=O) groups excluding carboxylic acids is 1. The third-order valence-electron chi connectivity index (χ3n) is 4.45. The largest absolute Gasteiger partial charge is 0.320 e. The fourth-order valence-electron chi connectivity index (χ4n) is 2.99. The molecule has 0 saturated carbocycles. The molecule has 4 aromatic rings. The number of anilines is 1. The second-order valence-electron chi connectivity index (χ2n) is 6.49. The third-order valence-corrected chi connectivity index (χ3v) is 4.45.